The van der Waals surface area contributed by atoms with Gasteiger partial charge in [-0.05, 0) is 49.9 Å². The fourth-order valence-corrected chi connectivity index (χ4v) is 5.43. The summed E-state index contributed by atoms with van der Waals surface area (Å²) in [5.74, 6) is 0.576. The minimum absolute atomic E-state index is 0.286. The second-order valence-corrected chi connectivity index (χ2v) is 7.94. The Kier molecular flexibility index (Phi) is 4.00. The highest BCUT2D eigenvalue weighted by molar-refractivity contribution is 5.91. The first kappa shape index (κ1) is 17.4. The van der Waals surface area contributed by atoms with Crippen molar-refractivity contribution in [1.82, 2.24) is 9.47 Å². The second-order valence-electron chi connectivity index (χ2n) is 7.94. The van der Waals surface area contributed by atoms with Crippen LogP contribution in [0.5, 0.6) is 0 Å². The quantitative estimate of drug-likeness (QED) is 0.383. The highest BCUT2D eigenvalue weighted by Crippen LogP contribution is 2.50. The second kappa shape index (κ2) is 5.99. The lowest BCUT2D eigenvalue weighted by atomic mass is 9.68. The standard InChI is InChI=1S/C20H28N4O2/c1-12-14-9-17-20(26-4,10-13(11-23(17)2)8-18(21)22-25)15-6-5-7-16(19(14)15)24(12)3/h5-7,13,17,25H,8-11H2,1-4H3,(H2,21,22). The Hall–Kier alpha value is -2.05. The van der Waals surface area contributed by atoms with E-state index in [9.17, 15) is 0 Å². The van der Waals surface area contributed by atoms with E-state index in [1.165, 1.54) is 27.7 Å². The predicted octanol–water partition coefficient (Wildman–Crippen LogP) is 2.34. The highest BCUT2D eigenvalue weighted by atomic mass is 16.5. The number of likely N-dealkylation sites (N-methyl/N-ethyl adjacent to an activating group) is 1. The lowest BCUT2D eigenvalue weighted by molar-refractivity contribution is -0.124. The zero-order valence-electron chi connectivity index (χ0n) is 16.0. The fourth-order valence-electron chi connectivity index (χ4n) is 5.43. The van der Waals surface area contributed by atoms with Gasteiger partial charge in [0.05, 0.1) is 0 Å². The van der Waals surface area contributed by atoms with E-state index < -0.39 is 0 Å². The van der Waals surface area contributed by atoms with Crippen molar-refractivity contribution in [1.29, 1.82) is 0 Å². The molecule has 2 heterocycles. The Morgan fingerprint density at radius 1 is 1.42 bits per heavy atom. The van der Waals surface area contributed by atoms with Crippen molar-refractivity contribution in [3.05, 3.63) is 35.0 Å². The van der Waals surface area contributed by atoms with E-state index in [1.807, 2.05) is 7.11 Å². The van der Waals surface area contributed by atoms with E-state index in [4.69, 9.17) is 15.7 Å². The molecule has 4 rings (SSSR count). The lowest BCUT2D eigenvalue weighted by Crippen LogP contribution is -2.59. The Morgan fingerprint density at radius 3 is 2.88 bits per heavy atom. The van der Waals surface area contributed by atoms with Crippen LogP contribution < -0.4 is 5.73 Å². The molecule has 1 saturated heterocycles. The number of likely N-dealkylation sites (tertiary alicyclic amines) is 1. The molecule has 0 amide bonds. The SMILES string of the molecule is COC12CC(CC(N)=NO)CN(C)C1Cc1c(C)n(C)c3cccc2c13. The van der Waals surface area contributed by atoms with Crippen molar-refractivity contribution in [2.75, 3.05) is 20.7 Å². The molecule has 1 aliphatic carbocycles. The number of ether oxygens (including phenoxy) is 1. The maximum absolute atomic E-state index is 8.99. The molecule has 3 atom stereocenters. The maximum Gasteiger partial charge on any atom is 0.139 e. The molecule has 26 heavy (non-hydrogen) atoms. The largest absolute Gasteiger partial charge is 0.409 e. The molecule has 0 saturated carbocycles. The molecule has 3 unspecified atom stereocenters. The number of amidine groups is 1. The van der Waals surface area contributed by atoms with E-state index in [0.29, 0.717) is 12.3 Å². The molecule has 1 fully saturated rings. The maximum atomic E-state index is 8.99. The minimum atomic E-state index is -0.367. The van der Waals surface area contributed by atoms with Crippen LogP contribution in [-0.4, -0.2) is 47.3 Å². The van der Waals surface area contributed by atoms with Crippen LogP contribution in [0.25, 0.3) is 10.9 Å². The van der Waals surface area contributed by atoms with Crippen LogP contribution in [-0.2, 0) is 23.8 Å². The fraction of sp³-hybridized carbons (Fsp3) is 0.550. The summed E-state index contributed by atoms with van der Waals surface area (Å²) in [6, 6.07) is 6.84. The predicted molar refractivity (Wildman–Crippen MR) is 103 cm³/mol. The van der Waals surface area contributed by atoms with Gasteiger partial charge in [0.25, 0.3) is 0 Å². The van der Waals surface area contributed by atoms with Gasteiger partial charge in [0, 0.05) is 49.8 Å². The summed E-state index contributed by atoms with van der Waals surface area (Å²) >= 11 is 0. The number of oxime groups is 1. The van der Waals surface area contributed by atoms with Gasteiger partial charge in [-0.3, -0.25) is 4.90 Å². The average Bonchev–Trinajstić information content (AvgIpc) is 2.88. The number of rotatable bonds is 3. The van der Waals surface area contributed by atoms with Crippen LogP contribution in [0.15, 0.2) is 23.4 Å². The Labute approximate surface area is 154 Å². The van der Waals surface area contributed by atoms with E-state index in [-0.39, 0.29) is 17.6 Å². The highest BCUT2D eigenvalue weighted by Gasteiger charge is 2.52. The van der Waals surface area contributed by atoms with Crippen LogP contribution in [0, 0.1) is 12.8 Å². The molecule has 3 N–H and O–H groups in total. The molecule has 0 bridgehead atoms. The molecule has 1 aromatic carbocycles. The molecule has 0 spiro atoms. The number of piperidine rings is 1. The van der Waals surface area contributed by atoms with E-state index in [2.05, 4.69) is 53.8 Å². The first-order valence-corrected chi connectivity index (χ1v) is 9.22. The molecular formula is C20H28N4O2. The van der Waals surface area contributed by atoms with Crippen LogP contribution in [0.3, 0.4) is 0 Å². The van der Waals surface area contributed by atoms with Gasteiger partial charge in [0.15, 0.2) is 0 Å². The molecule has 2 aromatic rings. The zero-order chi connectivity index (χ0) is 18.6. The van der Waals surface area contributed by atoms with Crippen molar-refractivity contribution >= 4 is 16.7 Å². The molecule has 1 aromatic heterocycles. The van der Waals surface area contributed by atoms with Crippen molar-refractivity contribution < 1.29 is 9.94 Å². The van der Waals surface area contributed by atoms with Gasteiger partial charge < -0.3 is 20.2 Å². The van der Waals surface area contributed by atoms with Crippen molar-refractivity contribution in [2.24, 2.45) is 23.9 Å². The number of hydrogen-bond acceptors (Lipinski definition) is 4. The number of benzene rings is 1. The van der Waals surface area contributed by atoms with E-state index >= 15 is 0 Å². The Bertz CT molecular complexity index is 888. The number of hydrogen-bond donors (Lipinski definition) is 2. The normalized spacial score (nSPS) is 29.2. The number of nitrogens with zero attached hydrogens (tertiary/aromatic N) is 3. The molecule has 2 aliphatic rings. The summed E-state index contributed by atoms with van der Waals surface area (Å²) in [5.41, 5.74) is 10.8. The third kappa shape index (κ3) is 2.21. The van der Waals surface area contributed by atoms with Crippen molar-refractivity contribution in [3.8, 4) is 0 Å². The summed E-state index contributed by atoms with van der Waals surface area (Å²) in [5, 5.41) is 13.5. The number of fused-ring (bicyclic) bond motifs is 2. The third-order valence-corrected chi connectivity index (χ3v) is 6.70. The molecule has 6 heteroatoms. The van der Waals surface area contributed by atoms with Gasteiger partial charge in [0.2, 0.25) is 0 Å². The Morgan fingerprint density at radius 2 is 2.19 bits per heavy atom. The van der Waals surface area contributed by atoms with Crippen molar-refractivity contribution in [2.45, 2.75) is 37.8 Å². The van der Waals surface area contributed by atoms with E-state index in [0.717, 1.165) is 19.4 Å². The van der Waals surface area contributed by atoms with Gasteiger partial charge >= 0.3 is 0 Å². The molecular weight excluding hydrogens is 328 g/mol. The molecule has 6 nitrogen and oxygen atoms in total. The van der Waals surface area contributed by atoms with Gasteiger partial charge in [-0.1, -0.05) is 17.3 Å². The molecule has 1 aliphatic heterocycles. The van der Waals surface area contributed by atoms with Crippen molar-refractivity contribution in [3.63, 3.8) is 0 Å². The van der Waals surface area contributed by atoms with Crippen LogP contribution in [0.2, 0.25) is 0 Å². The summed E-state index contributed by atoms with van der Waals surface area (Å²) in [7, 11) is 6.14. The summed E-state index contributed by atoms with van der Waals surface area (Å²) in [4.78, 5) is 2.40. The smallest absolute Gasteiger partial charge is 0.139 e. The van der Waals surface area contributed by atoms with Crippen LogP contribution in [0.4, 0.5) is 0 Å². The number of aromatic nitrogens is 1. The summed E-state index contributed by atoms with van der Waals surface area (Å²) in [6.07, 6.45) is 2.44. The van der Waals surface area contributed by atoms with Crippen LogP contribution in [0.1, 0.15) is 29.7 Å². The average molecular weight is 356 g/mol. The van der Waals surface area contributed by atoms with E-state index in [1.54, 1.807) is 0 Å². The number of methoxy groups -OCH3 is 1. The molecule has 140 valence electrons. The minimum Gasteiger partial charge on any atom is -0.409 e. The first-order chi connectivity index (χ1) is 12.4. The Balaban J connectivity index is 1.89. The molecule has 0 radical (unpaired) electrons. The summed E-state index contributed by atoms with van der Waals surface area (Å²) < 4.78 is 8.60. The van der Waals surface area contributed by atoms with Gasteiger partial charge in [-0.25, -0.2) is 0 Å². The van der Waals surface area contributed by atoms with Gasteiger partial charge in [0.1, 0.15) is 11.4 Å². The number of aryl methyl sites for hydroxylation is 1. The van der Waals surface area contributed by atoms with Gasteiger partial charge in [-0.15, -0.1) is 0 Å². The summed E-state index contributed by atoms with van der Waals surface area (Å²) in [6.45, 7) is 3.13. The number of nitrogens with two attached hydrogens (primary N) is 1. The monoisotopic (exact) mass is 356 g/mol. The zero-order valence-corrected chi connectivity index (χ0v) is 16.0. The topological polar surface area (TPSA) is 76.0 Å². The van der Waals surface area contributed by atoms with Gasteiger partial charge in [-0.2, -0.15) is 0 Å². The first-order valence-electron chi connectivity index (χ1n) is 9.22. The van der Waals surface area contributed by atoms with Crippen LogP contribution >= 0.6 is 0 Å². The lowest BCUT2D eigenvalue weighted by Gasteiger charge is -2.53. The third-order valence-electron chi connectivity index (χ3n) is 6.70.